The fourth-order valence-corrected chi connectivity index (χ4v) is 8.16. The summed E-state index contributed by atoms with van der Waals surface area (Å²) in [6, 6.07) is 15.4. The van der Waals surface area contributed by atoms with E-state index < -0.39 is 5.09 Å². The van der Waals surface area contributed by atoms with Crippen LogP contribution < -0.4 is 21.1 Å². The quantitative estimate of drug-likeness (QED) is 0.150. The van der Waals surface area contributed by atoms with Crippen LogP contribution in [0.5, 0.6) is 0 Å². The maximum absolute atomic E-state index is 10.8. The molecule has 5 unspecified atom stereocenters. The Balaban J connectivity index is 0.000000279. The number of nitrogens with zero attached hydrogens (tertiary/aromatic N) is 11. The molecule has 6 aliphatic heterocycles. The van der Waals surface area contributed by atoms with Gasteiger partial charge in [0.05, 0.1) is 0 Å². The fourth-order valence-electron chi connectivity index (χ4n) is 8.16. The predicted molar refractivity (Wildman–Crippen MR) is 254 cm³/mol. The predicted octanol–water partition coefficient (Wildman–Crippen LogP) is 10.5. The van der Waals surface area contributed by atoms with Crippen molar-refractivity contribution in [3.8, 4) is 0 Å². The molecule has 21 heteroatoms. The van der Waals surface area contributed by atoms with E-state index in [0.717, 1.165) is 50.0 Å². The Morgan fingerprint density at radius 2 is 0.910 bits per heavy atom. The molecule has 0 radical (unpaired) electrons. The molecule has 18 nitrogen and oxygen atoms in total. The zero-order valence-corrected chi connectivity index (χ0v) is 44.4. The molecule has 67 heavy (non-hydrogen) atoms. The molecule has 5 atom stereocenters. The first-order chi connectivity index (χ1) is 31.1. The monoisotopic (exact) mass is 1460 g/mol. The Morgan fingerprint density at radius 1 is 0.552 bits per heavy atom. The second kappa shape index (κ2) is 34.0. The van der Waals surface area contributed by atoms with Crippen LogP contribution in [0.1, 0.15) is 96.3 Å². The summed E-state index contributed by atoms with van der Waals surface area (Å²) in [5, 5.41) is 42.8. The number of fused-ring (bicyclic) bond motifs is 2. The number of allylic oxidation sites excluding steroid dienone is 2. The first kappa shape index (κ1) is 59.8. The molecule has 0 spiro atoms. The summed E-state index contributed by atoms with van der Waals surface area (Å²) >= 11 is 0. The minimum atomic E-state index is -1.50. The molecular formula is C46H61N13O5Pt3-10. The van der Waals surface area contributed by atoms with Crippen molar-refractivity contribution in [2.24, 2.45) is 0 Å². The molecule has 5 fully saturated rings. The van der Waals surface area contributed by atoms with Crippen LogP contribution in [0.3, 0.4) is 0 Å². The summed E-state index contributed by atoms with van der Waals surface area (Å²) in [6.45, 7) is 6.25. The molecule has 4 aromatic rings. The number of piperidine rings is 5. The van der Waals surface area contributed by atoms with E-state index in [1.54, 1.807) is 36.4 Å². The van der Waals surface area contributed by atoms with Crippen molar-refractivity contribution >= 4 is 33.7 Å². The van der Waals surface area contributed by atoms with Crippen LogP contribution in [-0.2, 0) is 63.2 Å². The second-order valence-electron chi connectivity index (χ2n) is 16.2. The van der Waals surface area contributed by atoms with Gasteiger partial charge in [0, 0.05) is 63.2 Å². The van der Waals surface area contributed by atoms with Crippen LogP contribution in [-0.4, -0.2) is 89.7 Å². The zero-order valence-electron chi connectivity index (χ0n) is 37.5. The SMILES string of the molecule is C1=CC[N-]C(C2CCCC[N-]2)=C1.C1CCC(C2CCCC[N-]2)[N-]C1.C1CCC(C2CCCC[N-]2)[N-]C1.O=[N+]([O-])O.[NH-]c1ccc2ccc(=O)[n-]c2n1.[NH-]c1ccc2ccc(=O)[n-]c2n1.[Pt].[Pt].[Pt]. The van der Waals surface area contributed by atoms with Crippen LogP contribution in [0.15, 0.2) is 82.0 Å². The van der Waals surface area contributed by atoms with Gasteiger partial charge in [0.15, 0.2) is 11.1 Å². The summed E-state index contributed by atoms with van der Waals surface area (Å²) in [5.74, 6) is 0.251. The third kappa shape index (κ3) is 22.8. The van der Waals surface area contributed by atoms with E-state index >= 15 is 0 Å². The Labute approximate surface area is 436 Å². The summed E-state index contributed by atoms with van der Waals surface area (Å²) in [7, 11) is 0. The van der Waals surface area contributed by atoms with Crippen molar-refractivity contribution in [3.63, 3.8) is 0 Å². The van der Waals surface area contributed by atoms with Gasteiger partial charge in [-0.25, -0.2) is 0 Å². The van der Waals surface area contributed by atoms with Gasteiger partial charge in [-0.15, -0.1) is 61.5 Å². The number of aromatic nitrogens is 4. The van der Waals surface area contributed by atoms with E-state index in [0.29, 0.717) is 41.5 Å². The maximum atomic E-state index is 10.8. The Morgan fingerprint density at radius 3 is 1.22 bits per heavy atom. The average molecular weight is 1460 g/mol. The van der Waals surface area contributed by atoms with E-state index in [1.807, 2.05) is 0 Å². The van der Waals surface area contributed by atoms with Gasteiger partial charge in [0.25, 0.3) is 5.09 Å². The van der Waals surface area contributed by atoms with E-state index in [-0.39, 0.29) is 86.0 Å². The molecule has 3 N–H and O–H groups in total. The summed E-state index contributed by atoms with van der Waals surface area (Å²) < 4.78 is 0. The van der Waals surface area contributed by atoms with Crippen molar-refractivity contribution in [2.75, 3.05) is 39.3 Å². The molecule has 380 valence electrons. The third-order valence-corrected chi connectivity index (χ3v) is 11.4. The summed E-state index contributed by atoms with van der Waals surface area (Å²) in [6.07, 6.45) is 26.0. The minimum absolute atomic E-state index is 0. The van der Waals surface area contributed by atoms with Crippen LogP contribution in [0.4, 0.5) is 11.6 Å². The van der Waals surface area contributed by atoms with Crippen molar-refractivity contribution in [1.29, 1.82) is 0 Å². The Bertz CT molecular complexity index is 2010. The molecule has 0 bridgehead atoms. The first-order valence-electron chi connectivity index (χ1n) is 22.7. The van der Waals surface area contributed by atoms with E-state index in [1.165, 1.54) is 114 Å². The topological polar surface area (TPSA) is 284 Å². The van der Waals surface area contributed by atoms with Crippen LogP contribution in [0.2, 0.25) is 0 Å². The van der Waals surface area contributed by atoms with E-state index in [2.05, 4.69) is 70.1 Å². The van der Waals surface area contributed by atoms with Gasteiger partial charge in [-0.05, 0) is 34.2 Å². The molecule has 0 amide bonds. The molecule has 0 aromatic carbocycles. The molecule has 0 aliphatic carbocycles. The molecular weight excluding hydrogens is 1400 g/mol. The Hall–Kier alpha value is -3.34. The molecule has 4 aromatic heterocycles. The number of rotatable bonds is 3. The minimum Gasteiger partial charge on any atom is -0.686 e. The average Bonchev–Trinajstić information content (AvgIpc) is 3.34. The van der Waals surface area contributed by atoms with Crippen molar-refractivity contribution in [2.45, 2.75) is 127 Å². The molecule has 5 saturated heterocycles. The van der Waals surface area contributed by atoms with Gasteiger partial charge >= 0.3 is 0 Å². The smallest absolute Gasteiger partial charge is 0.291 e. The van der Waals surface area contributed by atoms with Crippen molar-refractivity contribution in [1.82, 2.24) is 19.9 Å². The van der Waals surface area contributed by atoms with E-state index in [9.17, 15) is 9.59 Å². The summed E-state index contributed by atoms with van der Waals surface area (Å²) in [4.78, 5) is 44.8. The number of hydrogen-bond acceptors (Lipinski definition) is 6. The van der Waals surface area contributed by atoms with E-state index in [4.69, 9.17) is 26.8 Å². The fraction of sp³-hybridized carbons (Fsp3) is 0.565. The number of nitrogens with one attached hydrogen (secondary N) is 2. The standard InChI is InChI=1S/2C10H18N2.C10H14N2.2C8H6N3O.HNO3.3Pt/c3*1-3-7-11-9(5-1)10-6-2-4-8-12-10;2*9-6-3-1-5-2-4-7(12)11-8(5)10-6;2-1(3)4;;;/h2*9-10H,1-8H2;1,3,5,10H,2,4,6-8H2;2*1-4H,(H2-,9,10,11,12);(H,2,3,4);;;/q3*-2;2*-1;;;;/p-2. The molecule has 10 rings (SSSR count). The largest absolute Gasteiger partial charge is 0.686 e. The van der Waals surface area contributed by atoms with Crippen molar-refractivity contribution < 1.29 is 73.5 Å². The number of pyridine rings is 4. The van der Waals surface area contributed by atoms with Crippen LogP contribution in [0, 0.1) is 10.1 Å². The second-order valence-corrected chi connectivity index (χ2v) is 16.2. The maximum Gasteiger partial charge on any atom is 0.291 e. The summed E-state index contributed by atoms with van der Waals surface area (Å²) in [5.41, 5.74) is 15.6. The van der Waals surface area contributed by atoms with Gasteiger partial charge in [-0.3, -0.25) is 9.59 Å². The van der Waals surface area contributed by atoms with Gasteiger partial charge in [0.2, 0.25) is 0 Å². The van der Waals surface area contributed by atoms with Gasteiger partial charge < -0.3 is 68.5 Å². The normalized spacial score (nSPS) is 22.9. The number of hydrogen-bond donors (Lipinski definition) is 1. The molecule has 10 heterocycles. The van der Waals surface area contributed by atoms with Gasteiger partial charge in [-0.2, -0.15) is 29.9 Å². The van der Waals surface area contributed by atoms with Crippen LogP contribution in [0.25, 0.3) is 65.4 Å². The van der Waals surface area contributed by atoms with Crippen LogP contribution >= 0.6 is 0 Å². The first-order valence-corrected chi connectivity index (χ1v) is 22.7. The van der Waals surface area contributed by atoms with Gasteiger partial charge in [0.1, 0.15) is 0 Å². The third-order valence-electron chi connectivity index (χ3n) is 11.4. The molecule has 0 saturated carbocycles. The zero-order chi connectivity index (χ0) is 45.4. The Kier molecular flexibility index (Phi) is 30.4. The van der Waals surface area contributed by atoms with Crippen molar-refractivity contribution in [3.05, 3.63) is 147 Å². The van der Waals surface area contributed by atoms with Gasteiger partial charge in [-0.1, -0.05) is 156 Å². The molecule has 6 aliphatic rings.